The van der Waals surface area contributed by atoms with E-state index in [2.05, 4.69) is 5.32 Å². The fourth-order valence-electron chi connectivity index (χ4n) is 4.86. The largest absolute Gasteiger partial charge is 0.417 e. The number of likely N-dealkylation sites (tertiary alicyclic amines) is 1. The van der Waals surface area contributed by atoms with Crippen molar-refractivity contribution in [3.8, 4) is 0 Å². The van der Waals surface area contributed by atoms with Gasteiger partial charge < -0.3 is 25.6 Å². The molecular weight excluding hydrogens is 473 g/mol. The highest BCUT2D eigenvalue weighted by molar-refractivity contribution is 5.88. The van der Waals surface area contributed by atoms with Crippen LogP contribution in [0.15, 0.2) is 48.5 Å². The van der Waals surface area contributed by atoms with Gasteiger partial charge in [0.2, 0.25) is 11.8 Å². The average Bonchev–Trinajstić information content (AvgIpc) is 3.21. The molecule has 194 valence electrons. The summed E-state index contributed by atoms with van der Waals surface area (Å²) in [4.78, 5) is 27.0. The number of nitrogens with two attached hydrogens (primary N) is 1. The van der Waals surface area contributed by atoms with Crippen LogP contribution in [-0.4, -0.2) is 54.7 Å². The van der Waals surface area contributed by atoms with E-state index in [-0.39, 0.29) is 44.9 Å². The molecule has 2 heterocycles. The predicted molar refractivity (Wildman–Crippen MR) is 131 cm³/mol. The monoisotopic (exact) mass is 504 g/mol. The molecule has 7 nitrogen and oxygen atoms in total. The molecule has 2 aliphatic heterocycles. The third-order valence-corrected chi connectivity index (χ3v) is 6.97. The SMILES string of the molecule is CCOC1(C(F)(F)F)CCN(c2ccc(Nc3ccc(CN4CC(C(N)=O)CC4=O)cc3)cc2)CC1. The van der Waals surface area contributed by atoms with Crippen molar-refractivity contribution in [2.45, 2.75) is 44.5 Å². The normalized spacial score (nSPS) is 20.0. The van der Waals surface area contributed by atoms with Crippen LogP contribution in [0.2, 0.25) is 0 Å². The van der Waals surface area contributed by atoms with Crippen molar-refractivity contribution >= 4 is 28.9 Å². The molecule has 0 bridgehead atoms. The number of alkyl halides is 3. The van der Waals surface area contributed by atoms with Crippen molar-refractivity contribution in [2.75, 3.05) is 36.5 Å². The first kappa shape index (κ1) is 25.8. The van der Waals surface area contributed by atoms with Gasteiger partial charge in [0, 0.05) is 69.1 Å². The summed E-state index contributed by atoms with van der Waals surface area (Å²) < 4.78 is 45.9. The quantitative estimate of drug-likeness (QED) is 0.563. The molecule has 1 unspecified atom stereocenters. The summed E-state index contributed by atoms with van der Waals surface area (Å²) in [5.41, 5.74) is 6.79. The van der Waals surface area contributed by atoms with Crippen LogP contribution >= 0.6 is 0 Å². The maximum absolute atomic E-state index is 13.6. The van der Waals surface area contributed by atoms with E-state index in [0.29, 0.717) is 13.1 Å². The number of rotatable bonds is 8. The molecule has 0 aromatic heterocycles. The zero-order valence-corrected chi connectivity index (χ0v) is 20.2. The molecule has 3 N–H and O–H groups in total. The summed E-state index contributed by atoms with van der Waals surface area (Å²) in [5, 5.41) is 3.31. The van der Waals surface area contributed by atoms with E-state index in [1.807, 2.05) is 53.4 Å². The third kappa shape index (κ3) is 5.59. The molecule has 2 aromatic rings. The average molecular weight is 505 g/mol. The van der Waals surface area contributed by atoms with Crippen LogP contribution < -0.4 is 16.0 Å². The van der Waals surface area contributed by atoms with Crippen LogP contribution in [-0.2, 0) is 20.9 Å². The summed E-state index contributed by atoms with van der Waals surface area (Å²) in [6.45, 7) is 2.94. The molecule has 1 atom stereocenters. The number of hydrogen-bond donors (Lipinski definition) is 2. The van der Waals surface area contributed by atoms with Crippen LogP contribution in [0, 0.1) is 5.92 Å². The minimum atomic E-state index is -4.38. The van der Waals surface area contributed by atoms with Gasteiger partial charge in [-0.3, -0.25) is 9.59 Å². The van der Waals surface area contributed by atoms with Crippen molar-refractivity contribution < 1.29 is 27.5 Å². The Bertz CT molecular complexity index is 1070. The second-order valence-corrected chi connectivity index (χ2v) is 9.36. The lowest BCUT2D eigenvalue weighted by Gasteiger charge is -2.43. The number of piperidine rings is 1. The standard InChI is InChI=1S/C26H31F3N4O3/c1-2-36-25(26(27,28)29)11-13-32(14-12-25)22-9-7-21(8-10-22)31-20-5-3-18(4-6-20)16-33-17-19(24(30)35)15-23(33)34/h3-10,19,31H,2,11-17H2,1H3,(H2,30,35). The van der Waals surface area contributed by atoms with Crippen LogP contribution in [0.4, 0.5) is 30.2 Å². The number of primary amides is 1. The zero-order chi connectivity index (χ0) is 25.9. The van der Waals surface area contributed by atoms with E-state index < -0.39 is 23.6 Å². The van der Waals surface area contributed by atoms with Crippen molar-refractivity contribution in [2.24, 2.45) is 11.7 Å². The van der Waals surface area contributed by atoms with E-state index in [1.165, 1.54) is 0 Å². The molecule has 2 saturated heterocycles. The van der Waals surface area contributed by atoms with Gasteiger partial charge >= 0.3 is 6.18 Å². The lowest BCUT2D eigenvalue weighted by molar-refractivity contribution is -0.283. The third-order valence-electron chi connectivity index (χ3n) is 6.97. The second-order valence-electron chi connectivity index (χ2n) is 9.36. The zero-order valence-electron chi connectivity index (χ0n) is 20.2. The fourth-order valence-corrected chi connectivity index (χ4v) is 4.86. The number of amides is 2. The topological polar surface area (TPSA) is 87.9 Å². The first-order valence-electron chi connectivity index (χ1n) is 12.1. The van der Waals surface area contributed by atoms with E-state index in [0.717, 1.165) is 22.6 Å². The maximum Gasteiger partial charge on any atom is 0.417 e. The number of nitrogens with zero attached hydrogens (tertiary/aromatic N) is 2. The summed E-state index contributed by atoms with van der Waals surface area (Å²) in [6.07, 6.45) is -4.40. The molecule has 2 fully saturated rings. The van der Waals surface area contributed by atoms with Crippen LogP contribution in [0.1, 0.15) is 31.7 Å². The first-order chi connectivity index (χ1) is 17.1. The number of nitrogens with one attached hydrogen (secondary N) is 1. The molecule has 0 radical (unpaired) electrons. The molecule has 36 heavy (non-hydrogen) atoms. The minimum Gasteiger partial charge on any atom is -0.371 e. The summed E-state index contributed by atoms with van der Waals surface area (Å²) in [5.74, 6) is -0.948. The Hall–Kier alpha value is -3.27. The number of ether oxygens (including phenoxy) is 1. The smallest absolute Gasteiger partial charge is 0.371 e. The highest BCUT2D eigenvalue weighted by atomic mass is 19.4. The van der Waals surface area contributed by atoms with Gasteiger partial charge in [0.1, 0.15) is 0 Å². The molecule has 0 spiro atoms. The Morgan fingerprint density at radius 1 is 1.08 bits per heavy atom. The molecule has 4 rings (SSSR count). The predicted octanol–water partition coefficient (Wildman–Crippen LogP) is 4.20. The van der Waals surface area contributed by atoms with Gasteiger partial charge in [-0.2, -0.15) is 13.2 Å². The highest BCUT2D eigenvalue weighted by Crippen LogP contribution is 2.42. The van der Waals surface area contributed by atoms with Crippen LogP contribution in [0.25, 0.3) is 0 Å². The Kier molecular flexibility index (Phi) is 7.44. The molecular formula is C26H31F3N4O3. The number of benzene rings is 2. The number of carbonyl (C=O) groups is 2. The van der Waals surface area contributed by atoms with Gasteiger partial charge in [0.25, 0.3) is 0 Å². The van der Waals surface area contributed by atoms with E-state index >= 15 is 0 Å². The van der Waals surface area contributed by atoms with Crippen LogP contribution in [0.5, 0.6) is 0 Å². The van der Waals surface area contributed by atoms with Crippen LogP contribution in [0.3, 0.4) is 0 Å². The second kappa shape index (κ2) is 10.4. The lowest BCUT2D eigenvalue weighted by atomic mass is 9.90. The Morgan fingerprint density at radius 2 is 1.67 bits per heavy atom. The number of anilines is 3. The number of hydrogen-bond acceptors (Lipinski definition) is 5. The summed E-state index contributed by atoms with van der Waals surface area (Å²) in [6, 6.07) is 15.2. The molecule has 2 aliphatic rings. The van der Waals surface area contributed by atoms with Gasteiger partial charge in [0.15, 0.2) is 5.60 Å². The van der Waals surface area contributed by atoms with Crippen molar-refractivity contribution in [1.82, 2.24) is 4.90 Å². The van der Waals surface area contributed by atoms with E-state index in [9.17, 15) is 22.8 Å². The Labute approximate surface area is 208 Å². The van der Waals surface area contributed by atoms with Gasteiger partial charge in [-0.05, 0) is 48.9 Å². The van der Waals surface area contributed by atoms with Gasteiger partial charge in [-0.1, -0.05) is 12.1 Å². The maximum atomic E-state index is 13.6. The molecule has 2 amide bonds. The van der Waals surface area contributed by atoms with E-state index in [1.54, 1.807) is 11.8 Å². The van der Waals surface area contributed by atoms with Gasteiger partial charge in [-0.25, -0.2) is 0 Å². The van der Waals surface area contributed by atoms with E-state index in [4.69, 9.17) is 10.5 Å². The number of halogens is 3. The van der Waals surface area contributed by atoms with Gasteiger partial charge in [-0.15, -0.1) is 0 Å². The molecule has 10 heteroatoms. The Morgan fingerprint density at radius 3 is 2.17 bits per heavy atom. The fraction of sp³-hybridized carbons (Fsp3) is 0.462. The molecule has 0 aliphatic carbocycles. The first-order valence-corrected chi connectivity index (χ1v) is 12.1. The highest BCUT2D eigenvalue weighted by Gasteiger charge is 2.56. The minimum absolute atomic E-state index is 0.0347. The lowest BCUT2D eigenvalue weighted by Crippen LogP contribution is -2.55. The Balaban J connectivity index is 1.31. The summed E-state index contributed by atoms with van der Waals surface area (Å²) >= 11 is 0. The van der Waals surface area contributed by atoms with Crippen molar-refractivity contribution in [1.29, 1.82) is 0 Å². The van der Waals surface area contributed by atoms with Crippen molar-refractivity contribution in [3.05, 3.63) is 54.1 Å². The molecule has 0 saturated carbocycles. The van der Waals surface area contributed by atoms with Crippen molar-refractivity contribution in [3.63, 3.8) is 0 Å². The molecule has 2 aromatic carbocycles. The van der Waals surface area contributed by atoms with Gasteiger partial charge in [0.05, 0.1) is 5.92 Å². The summed E-state index contributed by atoms with van der Waals surface area (Å²) in [7, 11) is 0. The number of carbonyl (C=O) groups excluding carboxylic acids is 2.